The van der Waals surface area contributed by atoms with Gasteiger partial charge in [0, 0.05) is 23.3 Å². The van der Waals surface area contributed by atoms with Crippen molar-refractivity contribution in [3.8, 4) is 5.75 Å². The molecule has 1 N–H and O–H groups in total. The maximum atomic E-state index is 13.7. The average molecular weight is 511 g/mol. The van der Waals surface area contributed by atoms with E-state index in [0.29, 0.717) is 23.1 Å². The standard InChI is InChI=1S/C26H27ClN4O5/c1-4-35-20-12-10-19(11-13-20)31-23(32)22-14-21(24(33)36-5-2)29-30(22)16-26(31,3)25(34)28-15-17-6-8-18(27)9-7-17/h6-14H,4-5,15-16H2,1-3H3,(H,28,34)/t26-/m1/s1. The third kappa shape index (κ3) is 4.92. The summed E-state index contributed by atoms with van der Waals surface area (Å²) in [4.78, 5) is 41.1. The molecular formula is C26H27ClN4O5. The Morgan fingerprint density at radius 3 is 2.42 bits per heavy atom. The van der Waals surface area contributed by atoms with Gasteiger partial charge < -0.3 is 14.8 Å². The van der Waals surface area contributed by atoms with Crippen LogP contribution in [-0.2, 0) is 22.6 Å². The van der Waals surface area contributed by atoms with Crippen molar-refractivity contribution in [1.29, 1.82) is 0 Å². The number of hydrogen-bond donors (Lipinski definition) is 1. The maximum Gasteiger partial charge on any atom is 0.358 e. The molecule has 2 amide bonds. The van der Waals surface area contributed by atoms with Crippen LogP contribution in [0.5, 0.6) is 5.75 Å². The van der Waals surface area contributed by atoms with E-state index in [1.807, 2.05) is 19.1 Å². The summed E-state index contributed by atoms with van der Waals surface area (Å²) in [5.74, 6) is -0.820. The molecule has 1 aliphatic heterocycles. The molecule has 0 fully saturated rings. The van der Waals surface area contributed by atoms with E-state index in [2.05, 4.69) is 10.4 Å². The summed E-state index contributed by atoms with van der Waals surface area (Å²) in [6, 6.07) is 15.5. The van der Waals surface area contributed by atoms with Crippen LogP contribution in [0.25, 0.3) is 0 Å². The molecule has 4 rings (SSSR count). The predicted molar refractivity (Wildman–Crippen MR) is 134 cm³/mol. The number of ether oxygens (including phenoxy) is 2. The zero-order valence-electron chi connectivity index (χ0n) is 20.3. The Labute approximate surface area is 213 Å². The van der Waals surface area contributed by atoms with Crippen molar-refractivity contribution in [1.82, 2.24) is 15.1 Å². The van der Waals surface area contributed by atoms with Crippen LogP contribution in [0.2, 0.25) is 5.02 Å². The molecule has 9 nitrogen and oxygen atoms in total. The number of anilines is 1. The van der Waals surface area contributed by atoms with E-state index in [1.54, 1.807) is 50.2 Å². The van der Waals surface area contributed by atoms with Gasteiger partial charge in [-0.05, 0) is 62.7 Å². The van der Waals surface area contributed by atoms with Crippen LogP contribution >= 0.6 is 11.6 Å². The highest BCUT2D eigenvalue weighted by molar-refractivity contribution is 6.30. The van der Waals surface area contributed by atoms with Gasteiger partial charge in [0.15, 0.2) is 5.69 Å². The summed E-state index contributed by atoms with van der Waals surface area (Å²) in [5.41, 5.74) is 0.225. The van der Waals surface area contributed by atoms with E-state index < -0.39 is 17.4 Å². The number of amides is 2. The first-order chi connectivity index (χ1) is 17.3. The molecule has 0 bridgehead atoms. The molecule has 3 aromatic rings. The molecule has 0 spiro atoms. The smallest absolute Gasteiger partial charge is 0.358 e. The van der Waals surface area contributed by atoms with Crippen LogP contribution in [0.4, 0.5) is 5.69 Å². The number of benzene rings is 2. The summed E-state index contributed by atoms with van der Waals surface area (Å²) in [7, 11) is 0. The second-order valence-corrected chi connectivity index (χ2v) is 8.88. The molecule has 0 saturated heterocycles. The van der Waals surface area contributed by atoms with Crippen molar-refractivity contribution in [3.05, 3.63) is 76.6 Å². The third-order valence-electron chi connectivity index (χ3n) is 5.90. The van der Waals surface area contributed by atoms with Crippen LogP contribution in [0.1, 0.15) is 47.3 Å². The first kappa shape index (κ1) is 25.2. The van der Waals surface area contributed by atoms with Gasteiger partial charge >= 0.3 is 5.97 Å². The Morgan fingerprint density at radius 1 is 1.08 bits per heavy atom. The SMILES string of the molecule is CCOC(=O)c1cc2n(n1)C[C@](C)(C(=O)NCc1ccc(Cl)cc1)N(c1ccc(OCC)cc1)C2=O. The molecule has 0 radical (unpaired) electrons. The molecular weight excluding hydrogens is 484 g/mol. The monoisotopic (exact) mass is 510 g/mol. The number of carbonyl (C=O) groups is 3. The summed E-state index contributed by atoms with van der Waals surface area (Å²) in [6.07, 6.45) is 0. The Hall–Kier alpha value is -3.85. The number of carbonyl (C=O) groups excluding carboxylic acids is 3. The number of nitrogens with zero attached hydrogens (tertiary/aromatic N) is 3. The van der Waals surface area contributed by atoms with Gasteiger partial charge in [-0.1, -0.05) is 23.7 Å². The van der Waals surface area contributed by atoms with Gasteiger partial charge in [-0.2, -0.15) is 5.10 Å². The van der Waals surface area contributed by atoms with Crippen molar-refractivity contribution < 1.29 is 23.9 Å². The van der Waals surface area contributed by atoms with E-state index in [0.717, 1.165) is 5.56 Å². The molecule has 0 aliphatic carbocycles. The second-order valence-electron chi connectivity index (χ2n) is 8.44. The average Bonchev–Trinajstić information content (AvgIpc) is 3.29. The van der Waals surface area contributed by atoms with E-state index >= 15 is 0 Å². The van der Waals surface area contributed by atoms with Gasteiger partial charge in [0.1, 0.15) is 17.0 Å². The molecule has 1 atom stereocenters. The highest BCUT2D eigenvalue weighted by atomic mass is 35.5. The van der Waals surface area contributed by atoms with Gasteiger partial charge in [0.25, 0.3) is 5.91 Å². The molecule has 10 heteroatoms. The summed E-state index contributed by atoms with van der Waals surface area (Å²) < 4.78 is 12.0. The minimum absolute atomic E-state index is 0.0117. The van der Waals surface area contributed by atoms with Crippen molar-refractivity contribution in [2.75, 3.05) is 18.1 Å². The summed E-state index contributed by atoms with van der Waals surface area (Å²) >= 11 is 5.96. The van der Waals surface area contributed by atoms with Crippen LogP contribution in [0.3, 0.4) is 0 Å². The third-order valence-corrected chi connectivity index (χ3v) is 6.15. The molecule has 188 valence electrons. The molecule has 36 heavy (non-hydrogen) atoms. The molecule has 2 heterocycles. The zero-order chi connectivity index (χ0) is 25.9. The lowest BCUT2D eigenvalue weighted by Gasteiger charge is -2.43. The minimum atomic E-state index is -1.35. The van der Waals surface area contributed by atoms with Crippen LogP contribution < -0.4 is 15.0 Å². The first-order valence-electron chi connectivity index (χ1n) is 11.6. The number of hydrogen-bond acceptors (Lipinski definition) is 6. The van der Waals surface area contributed by atoms with Crippen molar-refractivity contribution in [2.45, 2.75) is 39.4 Å². The highest BCUT2D eigenvalue weighted by Gasteiger charge is 2.49. The van der Waals surface area contributed by atoms with Crippen molar-refractivity contribution >= 4 is 35.1 Å². The molecule has 0 saturated carbocycles. The maximum absolute atomic E-state index is 13.7. The molecule has 2 aromatic carbocycles. The van der Waals surface area contributed by atoms with Gasteiger partial charge in [0.05, 0.1) is 19.8 Å². The number of aromatic nitrogens is 2. The van der Waals surface area contributed by atoms with Gasteiger partial charge in [-0.25, -0.2) is 4.79 Å². The van der Waals surface area contributed by atoms with Crippen molar-refractivity contribution in [3.63, 3.8) is 0 Å². The normalized spacial score (nSPS) is 16.9. The predicted octanol–water partition coefficient (Wildman–Crippen LogP) is 3.85. The Balaban J connectivity index is 1.70. The first-order valence-corrected chi connectivity index (χ1v) is 12.0. The molecule has 1 aliphatic rings. The van der Waals surface area contributed by atoms with Crippen LogP contribution in [-0.4, -0.2) is 46.3 Å². The van der Waals surface area contributed by atoms with Crippen LogP contribution in [0.15, 0.2) is 54.6 Å². The van der Waals surface area contributed by atoms with E-state index in [4.69, 9.17) is 21.1 Å². The molecule has 1 aromatic heterocycles. The van der Waals surface area contributed by atoms with Gasteiger partial charge in [-0.15, -0.1) is 0 Å². The van der Waals surface area contributed by atoms with Crippen LogP contribution in [0, 0.1) is 0 Å². The number of halogens is 1. The number of fused-ring (bicyclic) bond motifs is 1. The highest BCUT2D eigenvalue weighted by Crippen LogP contribution is 2.34. The minimum Gasteiger partial charge on any atom is -0.494 e. The van der Waals surface area contributed by atoms with E-state index in [1.165, 1.54) is 15.6 Å². The van der Waals surface area contributed by atoms with Gasteiger partial charge in [0.2, 0.25) is 5.91 Å². The number of nitrogens with one attached hydrogen (secondary N) is 1. The lowest BCUT2D eigenvalue weighted by Crippen LogP contribution is -2.64. The lowest BCUT2D eigenvalue weighted by atomic mass is 9.93. The fraction of sp³-hybridized carbons (Fsp3) is 0.308. The second kappa shape index (κ2) is 10.4. The zero-order valence-corrected chi connectivity index (χ0v) is 21.0. The van der Waals surface area contributed by atoms with Gasteiger partial charge in [-0.3, -0.25) is 19.2 Å². The Bertz CT molecular complexity index is 1270. The Kier molecular flexibility index (Phi) is 7.30. The summed E-state index contributed by atoms with van der Waals surface area (Å²) in [6.45, 7) is 6.21. The van der Waals surface area contributed by atoms with E-state index in [9.17, 15) is 14.4 Å². The van der Waals surface area contributed by atoms with E-state index in [-0.39, 0.29) is 37.0 Å². The van der Waals surface area contributed by atoms with Crippen molar-refractivity contribution in [2.24, 2.45) is 0 Å². The quantitative estimate of drug-likeness (QED) is 0.462. The number of esters is 1. The molecule has 0 unspecified atom stereocenters. The fourth-order valence-electron chi connectivity index (χ4n) is 4.12. The number of rotatable bonds is 8. The largest absolute Gasteiger partial charge is 0.494 e. The topological polar surface area (TPSA) is 103 Å². The summed E-state index contributed by atoms with van der Waals surface area (Å²) in [5, 5.41) is 7.80. The Morgan fingerprint density at radius 2 is 1.78 bits per heavy atom. The lowest BCUT2D eigenvalue weighted by molar-refractivity contribution is -0.126. The fourth-order valence-corrected chi connectivity index (χ4v) is 4.25.